The van der Waals surface area contributed by atoms with Gasteiger partial charge in [-0.1, -0.05) is 65.7 Å². The van der Waals surface area contributed by atoms with Gasteiger partial charge in [0.15, 0.2) is 0 Å². The molecule has 0 bridgehead atoms. The molecule has 0 aromatic heterocycles. The van der Waals surface area contributed by atoms with Crippen molar-refractivity contribution in [2.75, 3.05) is 0 Å². The molecule has 4 rings (SSSR count). The van der Waals surface area contributed by atoms with Crippen LogP contribution in [0.3, 0.4) is 0 Å². The molecule has 0 heterocycles. The molecule has 4 aromatic rings. The minimum absolute atomic E-state index is 0.329. The highest BCUT2D eigenvalue weighted by Crippen LogP contribution is 2.36. The number of hydrogen-bond acceptors (Lipinski definition) is 2. The Morgan fingerprint density at radius 3 is 1.09 bits per heavy atom. The largest absolute Gasteiger partial charge is 0.457 e. The lowest BCUT2D eigenvalue weighted by Gasteiger charge is -2.27. The van der Waals surface area contributed by atoms with Crippen molar-refractivity contribution in [2.45, 2.75) is 26.2 Å². The second-order valence-electron chi connectivity index (χ2n) is 8.29. The number of aryl methyl sites for hydroxylation is 2. The van der Waals surface area contributed by atoms with E-state index in [4.69, 9.17) is 9.47 Å². The average Bonchev–Trinajstić information content (AvgIpc) is 2.82. The van der Waals surface area contributed by atoms with Crippen molar-refractivity contribution in [3.05, 3.63) is 132 Å². The van der Waals surface area contributed by atoms with Gasteiger partial charge in [-0.3, -0.25) is 0 Å². The van der Waals surface area contributed by atoms with Crippen LogP contribution in [-0.2, 0) is 5.41 Å². The predicted molar refractivity (Wildman–Crippen MR) is 132 cm³/mol. The van der Waals surface area contributed by atoms with Gasteiger partial charge in [0.1, 0.15) is 23.0 Å². The van der Waals surface area contributed by atoms with E-state index in [1.54, 1.807) is 0 Å². The number of ether oxygens (including phenoxy) is 2. The maximum Gasteiger partial charge on any atom is 0.127 e. The smallest absolute Gasteiger partial charge is 0.127 e. The van der Waals surface area contributed by atoms with Crippen molar-refractivity contribution in [1.82, 2.24) is 0 Å². The number of benzene rings is 4. The average molecular weight is 421 g/mol. The maximum absolute atomic E-state index is 5.98. The van der Waals surface area contributed by atoms with E-state index in [2.05, 4.69) is 51.6 Å². The Hall–Kier alpha value is -3.78. The quantitative estimate of drug-likeness (QED) is 0.280. The molecule has 0 saturated heterocycles. The minimum atomic E-state index is -0.329. The van der Waals surface area contributed by atoms with E-state index in [-0.39, 0.29) is 5.41 Å². The van der Waals surface area contributed by atoms with Gasteiger partial charge in [0.2, 0.25) is 0 Å². The fraction of sp³-hybridized carbons (Fsp3) is 0.133. The van der Waals surface area contributed by atoms with Crippen LogP contribution in [0.1, 0.15) is 29.2 Å². The van der Waals surface area contributed by atoms with Gasteiger partial charge in [0, 0.05) is 5.41 Å². The number of rotatable bonds is 7. The summed E-state index contributed by atoms with van der Waals surface area (Å²) in [6.45, 7) is 10.4. The van der Waals surface area contributed by atoms with Gasteiger partial charge in [0.05, 0.1) is 0 Å². The Labute approximate surface area is 190 Å². The van der Waals surface area contributed by atoms with E-state index in [1.165, 1.54) is 11.1 Å². The van der Waals surface area contributed by atoms with E-state index >= 15 is 0 Å². The summed E-state index contributed by atoms with van der Waals surface area (Å²) in [6, 6.07) is 32.5. The van der Waals surface area contributed by atoms with Crippen LogP contribution in [0.2, 0.25) is 0 Å². The van der Waals surface area contributed by atoms with Gasteiger partial charge in [0.25, 0.3) is 0 Å². The Balaban J connectivity index is 1.51. The molecular weight excluding hydrogens is 392 g/mol. The molecule has 0 spiro atoms. The lowest BCUT2D eigenvalue weighted by atomic mass is 9.76. The molecule has 2 nitrogen and oxygen atoms in total. The molecule has 0 unspecified atom stereocenters. The summed E-state index contributed by atoms with van der Waals surface area (Å²) in [7, 11) is 0. The molecule has 2 heteroatoms. The van der Waals surface area contributed by atoms with Crippen molar-refractivity contribution >= 4 is 0 Å². The first-order valence-electron chi connectivity index (χ1n) is 10.8. The van der Waals surface area contributed by atoms with Crippen LogP contribution < -0.4 is 9.47 Å². The van der Waals surface area contributed by atoms with E-state index in [0.717, 1.165) is 34.1 Å². The lowest BCUT2D eigenvalue weighted by molar-refractivity contribution is 0.481. The summed E-state index contributed by atoms with van der Waals surface area (Å²) in [5.41, 5.74) is 4.39. The minimum Gasteiger partial charge on any atom is -0.457 e. The van der Waals surface area contributed by atoms with Crippen LogP contribution in [0.15, 0.2) is 110 Å². The second-order valence-corrected chi connectivity index (χ2v) is 8.29. The first-order valence-corrected chi connectivity index (χ1v) is 10.8. The Bertz CT molecular complexity index is 1080. The van der Waals surface area contributed by atoms with Crippen molar-refractivity contribution in [1.29, 1.82) is 0 Å². The zero-order chi connectivity index (χ0) is 22.6. The highest BCUT2D eigenvalue weighted by molar-refractivity contribution is 5.47. The van der Waals surface area contributed by atoms with E-state index in [9.17, 15) is 0 Å². The summed E-state index contributed by atoms with van der Waals surface area (Å²) in [5, 5.41) is 0. The Morgan fingerprint density at radius 1 is 0.531 bits per heavy atom. The van der Waals surface area contributed by atoms with E-state index in [1.807, 2.05) is 78.9 Å². The lowest BCUT2D eigenvalue weighted by Crippen LogP contribution is -2.20. The highest BCUT2D eigenvalue weighted by Gasteiger charge is 2.25. The monoisotopic (exact) mass is 420 g/mol. The highest BCUT2D eigenvalue weighted by atomic mass is 16.5. The molecule has 0 N–H and O–H groups in total. The van der Waals surface area contributed by atoms with Crippen molar-refractivity contribution < 1.29 is 9.47 Å². The molecule has 0 radical (unpaired) electrons. The SMILES string of the molecule is C=CC(C)(c1ccc(Oc2ccc(C)cc2)cc1)c1ccc(Oc2ccc(C)cc2)cc1. The van der Waals surface area contributed by atoms with Crippen LogP contribution in [-0.4, -0.2) is 0 Å². The summed E-state index contributed by atoms with van der Waals surface area (Å²) in [5.74, 6) is 3.29. The van der Waals surface area contributed by atoms with Crippen LogP contribution in [0.5, 0.6) is 23.0 Å². The molecule has 160 valence electrons. The third-order valence-electron chi connectivity index (χ3n) is 5.83. The Morgan fingerprint density at radius 2 is 0.812 bits per heavy atom. The molecule has 0 atom stereocenters. The molecular formula is C30H28O2. The number of allylic oxidation sites excluding steroid dienone is 1. The van der Waals surface area contributed by atoms with Crippen LogP contribution >= 0.6 is 0 Å². The molecule has 32 heavy (non-hydrogen) atoms. The van der Waals surface area contributed by atoms with Crippen LogP contribution in [0.25, 0.3) is 0 Å². The first kappa shape index (κ1) is 21.5. The summed E-state index contributed by atoms with van der Waals surface area (Å²) in [4.78, 5) is 0. The van der Waals surface area contributed by atoms with Gasteiger partial charge >= 0.3 is 0 Å². The van der Waals surface area contributed by atoms with Gasteiger partial charge < -0.3 is 9.47 Å². The first-order chi connectivity index (χ1) is 15.5. The van der Waals surface area contributed by atoms with E-state index in [0.29, 0.717) is 0 Å². The van der Waals surface area contributed by atoms with Gasteiger partial charge in [-0.15, -0.1) is 6.58 Å². The third-order valence-corrected chi connectivity index (χ3v) is 5.83. The third kappa shape index (κ3) is 4.76. The van der Waals surface area contributed by atoms with Crippen molar-refractivity contribution in [2.24, 2.45) is 0 Å². The van der Waals surface area contributed by atoms with Gasteiger partial charge in [-0.05, 0) is 80.4 Å². The van der Waals surface area contributed by atoms with E-state index < -0.39 is 0 Å². The topological polar surface area (TPSA) is 18.5 Å². The van der Waals surface area contributed by atoms with Crippen LogP contribution in [0.4, 0.5) is 0 Å². The fourth-order valence-corrected chi connectivity index (χ4v) is 3.63. The molecule has 0 aliphatic carbocycles. The molecule has 0 fully saturated rings. The molecule has 0 amide bonds. The fourth-order valence-electron chi connectivity index (χ4n) is 3.63. The standard InChI is InChI=1S/C30H28O2/c1-5-30(4,24-10-18-28(19-11-24)31-26-14-6-22(2)7-15-26)25-12-20-29(21-13-25)32-27-16-8-23(3)9-17-27/h5-21H,1H2,2-4H3. The molecule has 4 aromatic carbocycles. The normalized spacial score (nSPS) is 11.1. The summed E-state index contributed by atoms with van der Waals surface area (Å²) >= 11 is 0. The van der Waals surface area contributed by atoms with Crippen molar-refractivity contribution in [3.63, 3.8) is 0 Å². The second kappa shape index (κ2) is 9.15. The molecule has 0 saturated carbocycles. The zero-order valence-corrected chi connectivity index (χ0v) is 18.8. The molecule has 0 aliphatic heterocycles. The van der Waals surface area contributed by atoms with Crippen LogP contribution in [0, 0.1) is 13.8 Å². The maximum atomic E-state index is 5.98. The summed E-state index contributed by atoms with van der Waals surface area (Å²) < 4.78 is 12.0. The van der Waals surface area contributed by atoms with Crippen molar-refractivity contribution in [3.8, 4) is 23.0 Å². The predicted octanol–water partition coefficient (Wildman–Crippen LogP) is 8.38. The number of hydrogen-bond donors (Lipinski definition) is 0. The zero-order valence-electron chi connectivity index (χ0n) is 18.8. The Kier molecular flexibility index (Phi) is 6.13. The summed E-state index contributed by atoms with van der Waals surface area (Å²) in [6.07, 6.45) is 1.98. The molecule has 0 aliphatic rings. The van der Waals surface area contributed by atoms with Gasteiger partial charge in [-0.2, -0.15) is 0 Å². The van der Waals surface area contributed by atoms with Gasteiger partial charge in [-0.25, -0.2) is 0 Å².